The van der Waals surface area contributed by atoms with Crippen LogP contribution < -0.4 is 0 Å². The molecule has 86 valence electrons. The van der Waals surface area contributed by atoms with Gasteiger partial charge in [0.2, 0.25) is 0 Å². The summed E-state index contributed by atoms with van der Waals surface area (Å²) >= 11 is 5.93. The van der Waals surface area contributed by atoms with E-state index < -0.39 is 6.23 Å². The predicted molar refractivity (Wildman–Crippen MR) is 65.6 cm³/mol. The molecule has 3 nitrogen and oxygen atoms in total. The van der Waals surface area contributed by atoms with Crippen LogP contribution in [0.25, 0.3) is 0 Å². The number of nitrogens with zero attached hydrogens (tertiary/aromatic N) is 1. The third-order valence-corrected chi connectivity index (χ3v) is 2.26. The van der Waals surface area contributed by atoms with Crippen LogP contribution in [0.4, 0.5) is 0 Å². The number of carbonyl (C=O) groups is 1. The van der Waals surface area contributed by atoms with Gasteiger partial charge < -0.3 is 5.11 Å². The van der Waals surface area contributed by atoms with E-state index in [4.69, 9.17) is 11.6 Å². The smallest absolute Gasteiger partial charge is 0.171 e. The molecule has 1 rings (SSSR count). The number of aldehydes is 1. The van der Waals surface area contributed by atoms with Gasteiger partial charge in [0, 0.05) is 22.7 Å². The number of aliphatic imine (C=N–C) groups is 1. The minimum absolute atomic E-state index is 0.395. The Bertz CT molecular complexity index is 401. The Hall–Kier alpha value is -1.19. The van der Waals surface area contributed by atoms with Crippen molar-refractivity contribution in [3.8, 4) is 0 Å². The number of carbonyl (C=O) groups excluding carboxylic acids is 1. The van der Waals surface area contributed by atoms with Crippen LogP contribution in [0.1, 0.15) is 20.3 Å². The van der Waals surface area contributed by atoms with Gasteiger partial charge in [0.1, 0.15) is 6.29 Å². The van der Waals surface area contributed by atoms with Gasteiger partial charge in [-0.1, -0.05) is 23.8 Å². The summed E-state index contributed by atoms with van der Waals surface area (Å²) in [5, 5.41) is 10.3. The molecule has 4 heteroatoms. The second-order valence-corrected chi connectivity index (χ2v) is 4.23. The van der Waals surface area contributed by atoms with Crippen molar-refractivity contribution in [2.75, 3.05) is 0 Å². The van der Waals surface area contributed by atoms with Crippen LogP contribution in [0.2, 0.25) is 0 Å². The lowest BCUT2D eigenvalue weighted by Crippen LogP contribution is -2.07. The number of hydrogen-bond acceptors (Lipinski definition) is 3. The minimum Gasteiger partial charge on any atom is -0.368 e. The van der Waals surface area contributed by atoms with E-state index in [1.54, 1.807) is 32.1 Å². The van der Waals surface area contributed by atoms with Crippen LogP contribution in [-0.4, -0.2) is 23.3 Å². The van der Waals surface area contributed by atoms with Gasteiger partial charge in [-0.25, -0.2) is 0 Å². The maximum absolute atomic E-state index is 10.6. The maximum Gasteiger partial charge on any atom is 0.171 e. The van der Waals surface area contributed by atoms with Crippen LogP contribution in [0.3, 0.4) is 0 Å². The average molecular weight is 240 g/mol. The van der Waals surface area contributed by atoms with Crippen LogP contribution in [0.5, 0.6) is 0 Å². The summed E-state index contributed by atoms with van der Waals surface area (Å²) in [5.74, 6) is 0. The molecule has 1 aliphatic carbocycles. The molecule has 0 bridgehead atoms. The van der Waals surface area contributed by atoms with E-state index >= 15 is 0 Å². The van der Waals surface area contributed by atoms with E-state index in [2.05, 4.69) is 4.99 Å². The highest BCUT2D eigenvalue weighted by Crippen LogP contribution is 2.22. The van der Waals surface area contributed by atoms with Gasteiger partial charge in [-0.2, -0.15) is 0 Å². The molecule has 1 atom stereocenters. The average Bonchev–Trinajstić information content (AvgIpc) is 2.38. The van der Waals surface area contributed by atoms with Gasteiger partial charge in [-0.15, -0.1) is 0 Å². The molecule has 0 heterocycles. The number of halogens is 1. The van der Waals surface area contributed by atoms with Gasteiger partial charge in [0.25, 0.3) is 0 Å². The molecule has 0 aromatic heterocycles. The van der Waals surface area contributed by atoms with Crippen molar-refractivity contribution < 1.29 is 9.90 Å². The van der Waals surface area contributed by atoms with E-state index in [-0.39, 0.29) is 0 Å². The Morgan fingerprint density at radius 2 is 2.25 bits per heavy atom. The number of allylic oxidation sites excluding steroid dienone is 4. The molecule has 1 unspecified atom stereocenters. The summed E-state index contributed by atoms with van der Waals surface area (Å²) in [6, 6.07) is 0. The topological polar surface area (TPSA) is 49.7 Å². The molecule has 0 aliphatic heterocycles. The highest BCUT2D eigenvalue weighted by atomic mass is 35.5. The van der Waals surface area contributed by atoms with Gasteiger partial charge in [-0.3, -0.25) is 9.79 Å². The predicted octanol–water partition coefficient (Wildman–Crippen LogP) is 2.36. The molecule has 0 spiro atoms. The second-order valence-electron chi connectivity index (χ2n) is 3.74. The zero-order valence-electron chi connectivity index (χ0n) is 9.27. The zero-order chi connectivity index (χ0) is 12.1. The first kappa shape index (κ1) is 12.9. The third kappa shape index (κ3) is 3.76. The molecule has 0 aromatic rings. The van der Waals surface area contributed by atoms with Crippen molar-refractivity contribution in [3.05, 3.63) is 34.4 Å². The van der Waals surface area contributed by atoms with E-state index in [1.165, 1.54) is 0 Å². The van der Waals surface area contributed by atoms with Crippen LogP contribution in [0, 0.1) is 0 Å². The van der Waals surface area contributed by atoms with E-state index in [0.29, 0.717) is 22.6 Å². The molecule has 0 saturated heterocycles. The second kappa shape index (κ2) is 5.77. The molecule has 16 heavy (non-hydrogen) atoms. The molecule has 1 aliphatic rings. The summed E-state index contributed by atoms with van der Waals surface area (Å²) in [4.78, 5) is 14.7. The lowest BCUT2D eigenvalue weighted by Gasteiger charge is -2.06. The van der Waals surface area contributed by atoms with E-state index in [0.717, 1.165) is 12.0 Å². The van der Waals surface area contributed by atoms with Crippen molar-refractivity contribution >= 4 is 23.6 Å². The number of aliphatic hydroxyl groups excluding tert-OH is 1. The van der Waals surface area contributed by atoms with E-state index in [1.807, 2.05) is 0 Å². The largest absolute Gasteiger partial charge is 0.368 e. The SMILES string of the molecule is CC(C)=NC(O)C1=CC=C(C=O)CC(Cl)=C1. The Kier molecular flexibility index (Phi) is 4.65. The Balaban J connectivity index is 3.00. The fraction of sp³-hybridized carbons (Fsp3) is 0.333. The first-order valence-electron chi connectivity index (χ1n) is 4.94. The van der Waals surface area contributed by atoms with Crippen molar-refractivity contribution in [1.82, 2.24) is 0 Å². The number of rotatable bonds is 3. The van der Waals surface area contributed by atoms with E-state index in [9.17, 15) is 9.90 Å². The first-order chi connectivity index (χ1) is 7.52. The molecule has 0 amide bonds. The number of aliphatic hydroxyl groups is 1. The van der Waals surface area contributed by atoms with Crippen molar-refractivity contribution in [2.45, 2.75) is 26.5 Å². The fourth-order valence-corrected chi connectivity index (χ4v) is 1.58. The minimum atomic E-state index is -0.930. The summed E-state index contributed by atoms with van der Waals surface area (Å²) in [7, 11) is 0. The molecular weight excluding hydrogens is 226 g/mol. The Morgan fingerprint density at radius 1 is 1.56 bits per heavy atom. The summed E-state index contributed by atoms with van der Waals surface area (Å²) in [6.45, 7) is 3.61. The molecule has 0 aromatic carbocycles. The lowest BCUT2D eigenvalue weighted by molar-refractivity contribution is -0.105. The fourth-order valence-electron chi connectivity index (χ4n) is 1.30. The molecule has 0 saturated carbocycles. The monoisotopic (exact) mass is 239 g/mol. The van der Waals surface area contributed by atoms with Gasteiger partial charge in [0.15, 0.2) is 6.23 Å². The van der Waals surface area contributed by atoms with Gasteiger partial charge in [-0.05, 0) is 25.5 Å². The summed E-state index contributed by atoms with van der Waals surface area (Å²) in [6.07, 6.45) is 5.18. The molecular formula is C12H14ClNO2. The summed E-state index contributed by atoms with van der Waals surface area (Å²) < 4.78 is 0. The van der Waals surface area contributed by atoms with Crippen LogP contribution in [0.15, 0.2) is 39.4 Å². The highest BCUT2D eigenvalue weighted by molar-refractivity contribution is 6.30. The standard InChI is InChI=1S/C12H14ClNO2/c1-8(2)14-12(16)10-4-3-9(7-15)5-11(13)6-10/h3-4,6-7,12,16H,5H2,1-2H3. The maximum atomic E-state index is 10.6. The van der Waals surface area contributed by atoms with Gasteiger partial charge in [0.05, 0.1) is 0 Å². The Labute approximate surface area is 99.8 Å². The van der Waals surface area contributed by atoms with Crippen molar-refractivity contribution in [3.63, 3.8) is 0 Å². The van der Waals surface area contributed by atoms with Crippen molar-refractivity contribution in [1.29, 1.82) is 0 Å². The lowest BCUT2D eigenvalue weighted by atomic mass is 10.2. The van der Waals surface area contributed by atoms with Crippen LogP contribution >= 0.6 is 11.6 Å². The van der Waals surface area contributed by atoms with Crippen LogP contribution in [-0.2, 0) is 4.79 Å². The van der Waals surface area contributed by atoms with Crippen molar-refractivity contribution in [2.24, 2.45) is 4.99 Å². The number of hydrogen-bond donors (Lipinski definition) is 1. The normalized spacial score (nSPS) is 17.6. The molecule has 0 radical (unpaired) electrons. The molecule has 1 N–H and O–H groups in total. The Morgan fingerprint density at radius 3 is 2.81 bits per heavy atom. The third-order valence-electron chi connectivity index (χ3n) is 2.02. The summed E-state index contributed by atoms with van der Waals surface area (Å²) in [5.41, 5.74) is 1.95. The highest BCUT2D eigenvalue weighted by Gasteiger charge is 2.10. The molecule has 0 fully saturated rings. The van der Waals surface area contributed by atoms with Gasteiger partial charge >= 0.3 is 0 Å². The zero-order valence-corrected chi connectivity index (χ0v) is 10.0. The quantitative estimate of drug-likeness (QED) is 0.607. The first-order valence-corrected chi connectivity index (χ1v) is 5.32.